The number of rotatable bonds is 5. The number of nitrogens with two attached hydrogens (primary N) is 1. The van der Waals surface area contributed by atoms with E-state index in [0.29, 0.717) is 30.1 Å². The molecule has 27 heavy (non-hydrogen) atoms. The number of hydrogen-bond donors (Lipinski definition) is 2. The van der Waals surface area contributed by atoms with E-state index in [1.807, 2.05) is 41.3 Å². The van der Waals surface area contributed by atoms with Crippen molar-refractivity contribution in [3.05, 3.63) is 65.9 Å². The number of nitrogens with zero attached hydrogens (tertiary/aromatic N) is 2. The first-order valence-corrected chi connectivity index (χ1v) is 9.13. The molecule has 2 aliphatic rings. The zero-order chi connectivity index (χ0) is 18.8. The van der Waals surface area contributed by atoms with Gasteiger partial charge in [-0.05, 0) is 53.7 Å². The fourth-order valence-corrected chi connectivity index (χ4v) is 3.85. The van der Waals surface area contributed by atoms with E-state index in [0.717, 1.165) is 24.2 Å². The SMILES string of the molecule is Nc1ccc(/C=C/C(=O)NC[C@@H]2[C@H]3CN(C(=O)c4ccccc4)C[C@@H]23)cn1. The maximum Gasteiger partial charge on any atom is 0.253 e. The minimum absolute atomic E-state index is 0.102. The number of amides is 2. The third-order valence-corrected chi connectivity index (χ3v) is 5.43. The predicted molar refractivity (Wildman–Crippen MR) is 104 cm³/mol. The standard InChI is InChI=1S/C21H22N4O2/c22-19-8-6-14(10-23-19)7-9-20(26)24-11-16-17-12-25(13-18(16)17)21(27)15-4-2-1-3-5-15/h1-10,16-18H,11-13H2,(H2,22,23)(H,24,26)/b9-7+/t16-,17-,18+. The Bertz CT molecular complexity index is 852. The topological polar surface area (TPSA) is 88.3 Å². The predicted octanol–water partition coefficient (Wildman–Crippen LogP) is 1.81. The molecule has 1 aliphatic heterocycles. The highest BCUT2D eigenvalue weighted by molar-refractivity contribution is 5.94. The second kappa shape index (κ2) is 7.23. The number of carbonyl (C=O) groups excluding carboxylic acids is 2. The van der Waals surface area contributed by atoms with Crippen LogP contribution in [0.5, 0.6) is 0 Å². The Morgan fingerprint density at radius 2 is 1.89 bits per heavy atom. The molecule has 1 aromatic carbocycles. The number of nitrogens with one attached hydrogen (secondary N) is 1. The van der Waals surface area contributed by atoms with Crippen LogP contribution < -0.4 is 11.1 Å². The summed E-state index contributed by atoms with van der Waals surface area (Å²) in [6.07, 6.45) is 4.86. The molecule has 6 nitrogen and oxygen atoms in total. The summed E-state index contributed by atoms with van der Waals surface area (Å²) in [5.74, 6) is 1.92. The lowest BCUT2D eigenvalue weighted by molar-refractivity contribution is -0.116. The van der Waals surface area contributed by atoms with Crippen LogP contribution in [0.1, 0.15) is 15.9 Å². The molecule has 1 aliphatic carbocycles. The molecule has 3 N–H and O–H groups in total. The van der Waals surface area contributed by atoms with E-state index in [2.05, 4.69) is 10.3 Å². The molecule has 138 valence electrons. The summed E-state index contributed by atoms with van der Waals surface area (Å²) in [5.41, 5.74) is 7.11. The Balaban J connectivity index is 1.22. The molecule has 2 heterocycles. The van der Waals surface area contributed by atoms with Gasteiger partial charge in [0.2, 0.25) is 5.91 Å². The molecule has 2 aromatic rings. The van der Waals surface area contributed by atoms with E-state index in [9.17, 15) is 9.59 Å². The maximum atomic E-state index is 12.5. The Morgan fingerprint density at radius 3 is 2.56 bits per heavy atom. The molecule has 2 amide bonds. The Labute approximate surface area is 158 Å². The molecule has 2 fully saturated rings. The molecule has 1 aromatic heterocycles. The molecule has 0 radical (unpaired) electrons. The lowest BCUT2D eigenvalue weighted by atomic mass is 10.2. The van der Waals surface area contributed by atoms with E-state index >= 15 is 0 Å². The number of fused-ring (bicyclic) bond motifs is 1. The molecule has 3 atom stereocenters. The summed E-state index contributed by atoms with van der Waals surface area (Å²) in [6, 6.07) is 12.9. The molecule has 1 saturated heterocycles. The van der Waals surface area contributed by atoms with Crippen molar-refractivity contribution in [3.63, 3.8) is 0 Å². The maximum absolute atomic E-state index is 12.5. The number of nitrogen functional groups attached to an aromatic ring is 1. The summed E-state index contributed by atoms with van der Waals surface area (Å²) < 4.78 is 0. The summed E-state index contributed by atoms with van der Waals surface area (Å²) in [4.78, 5) is 30.4. The van der Waals surface area contributed by atoms with Crippen molar-refractivity contribution in [1.29, 1.82) is 0 Å². The number of benzene rings is 1. The van der Waals surface area contributed by atoms with Crippen LogP contribution in [0.25, 0.3) is 6.08 Å². The minimum atomic E-state index is -0.117. The first-order valence-electron chi connectivity index (χ1n) is 9.13. The highest BCUT2D eigenvalue weighted by Crippen LogP contribution is 2.51. The normalized spacial score (nSPS) is 23.3. The monoisotopic (exact) mass is 362 g/mol. The Morgan fingerprint density at radius 1 is 1.15 bits per heavy atom. The third-order valence-electron chi connectivity index (χ3n) is 5.43. The van der Waals surface area contributed by atoms with E-state index in [4.69, 9.17) is 5.73 Å². The molecule has 0 spiro atoms. The van der Waals surface area contributed by atoms with Gasteiger partial charge in [-0.25, -0.2) is 4.98 Å². The lowest BCUT2D eigenvalue weighted by Gasteiger charge is -2.20. The van der Waals surface area contributed by atoms with Crippen LogP contribution in [0.2, 0.25) is 0 Å². The van der Waals surface area contributed by atoms with Gasteiger partial charge in [0.15, 0.2) is 0 Å². The van der Waals surface area contributed by atoms with Crippen molar-refractivity contribution in [2.45, 2.75) is 0 Å². The van der Waals surface area contributed by atoms with Gasteiger partial charge in [0.1, 0.15) is 5.82 Å². The fourth-order valence-electron chi connectivity index (χ4n) is 3.85. The quantitative estimate of drug-likeness (QED) is 0.794. The summed E-state index contributed by atoms with van der Waals surface area (Å²) >= 11 is 0. The largest absolute Gasteiger partial charge is 0.384 e. The molecule has 0 unspecified atom stereocenters. The van der Waals surface area contributed by atoms with Gasteiger partial charge in [-0.15, -0.1) is 0 Å². The first-order chi connectivity index (χ1) is 13.1. The van der Waals surface area contributed by atoms with Gasteiger partial charge < -0.3 is 16.0 Å². The summed E-state index contributed by atoms with van der Waals surface area (Å²) in [7, 11) is 0. The van der Waals surface area contributed by atoms with Crippen molar-refractivity contribution in [1.82, 2.24) is 15.2 Å². The van der Waals surface area contributed by atoms with Crippen LogP contribution in [-0.4, -0.2) is 41.3 Å². The van der Waals surface area contributed by atoms with Gasteiger partial charge in [0.25, 0.3) is 5.91 Å². The lowest BCUT2D eigenvalue weighted by Crippen LogP contribution is -2.33. The van der Waals surface area contributed by atoms with Gasteiger partial charge >= 0.3 is 0 Å². The van der Waals surface area contributed by atoms with E-state index in [1.165, 1.54) is 6.08 Å². The molecule has 6 heteroatoms. The van der Waals surface area contributed by atoms with Crippen LogP contribution in [0, 0.1) is 17.8 Å². The molecular weight excluding hydrogens is 340 g/mol. The minimum Gasteiger partial charge on any atom is -0.384 e. The van der Waals surface area contributed by atoms with Crippen LogP contribution in [0.3, 0.4) is 0 Å². The average molecular weight is 362 g/mol. The molecule has 1 saturated carbocycles. The summed E-state index contributed by atoms with van der Waals surface area (Å²) in [6.45, 7) is 2.23. The highest BCUT2D eigenvalue weighted by Gasteiger charge is 2.56. The number of carbonyl (C=O) groups is 2. The number of aromatic nitrogens is 1. The number of likely N-dealkylation sites (tertiary alicyclic amines) is 1. The zero-order valence-electron chi connectivity index (χ0n) is 14.9. The number of pyridine rings is 1. The van der Waals surface area contributed by atoms with Crippen LogP contribution >= 0.6 is 0 Å². The first kappa shape index (κ1) is 17.3. The van der Waals surface area contributed by atoms with Crippen LogP contribution in [0.4, 0.5) is 5.82 Å². The number of anilines is 1. The summed E-state index contributed by atoms with van der Waals surface area (Å²) in [5, 5.41) is 2.96. The molecule has 4 rings (SSSR count). The van der Waals surface area contributed by atoms with E-state index < -0.39 is 0 Å². The van der Waals surface area contributed by atoms with Gasteiger partial charge in [0, 0.05) is 37.5 Å². The number of piperidine rings is 1. The molecular formula is C21H22N4O2. The van der Waals surface area contributed by atoms with Gasteiger partial charge in [-0.1, -0.05) is 18.2 Å². The van der Waals surface area contributed by atoms with E-state index in [-0.39, 0.29) is 11.8 Å². The highest BCUT2D eigenvalue weighted by atomic mass is 16.2. The Hall–Kier alpha value is -3.15. The smallest absolute Gasteiger partial charge is 0.253 e. The van der Waals surface area contributed by atoms with Gasteiger partial charge in [-0.3, -0.25) is 9.59 Å². The molecule has 0 bridgehead atoms. The van der Waals surface area contributed by atoms with Crippen molar-refractivity contribution in [2.24, 2.45) is 17.8 Å². The van der Waals surface area contributed by atoms with Gasteiger partial charge in [0.05, 0.1) is 0 Å². The number of hydrogen-bond acceptors (Lipinski definition) is 4. The fraction of sp³-hybridized carbons (Fsp3) is 0.286. The van der Waals surface area contributed by atoms with Crippen molar-refractivity contribution >= 4 is 23.7 Å². The van der Waals surface area contributed by atoms with Crippen molar-refractivity contribution in [3.8, 4) is 0 Å². The zero-order valence-corrected chi connectivity index (χ0v) is 14.9. The van der Waals surface area contributed by atoms with Crippen molar-refractivity contribution < 1.29 is 9.59 Å². The third kappa shape index (κ3) is 3.84. The Kier molecular flexibility index (Phi) is 4.62. The second-order valence-corrected chi connectivity index (χ2v) is 7.16. The van der Waals surface area contributed by atoms with Crippen LogP contribution in [-0.2, 0) is 4.79 Å². The second-order valence-electron chi connectivity index (χ2n) is 7.16. The van der Waals surface area contributed by atoms with Crippen molar-refractivity contribution in [2.75, 3.05) is 25.4 Å². The van der Waals surface area contributed by atoms with Gasteiger partial charge in [-0.2, -0.15) is 0 Å². The van der Waals surface area contributed by atoms with E-state index in [1.54, 1.807) is 18.3 Å². The van der Waals surface area contributed by atoms with Crippen LogP contribution in [0.15, 0.2) is 54.7 Å². The average Bonchev–Trinajstić information content (AvgIpc) is 3.15.